The molecule has 3 aromatic carbocycles. The third-order valence-electron chi connectivity index (χ3n) is 4.15. The predicted octanol–water partition coefficient (Wildman–Crippen LogP) is 4.34. The van der Waals surface area contributed by atoms with Crippen molar-refractivity contribution in [1.82, 2.24) is 0 Å². The summed E-state index contributed by atoms with van der Waals surface area (Å²) in [7, 11) is 0. The van der Waals surface area contributed by atoms with Gasteiger partial charge in [0.1, 0.15) is 11.6 Å². The molecular weight excluding hydrogens is 291 g/mol. The van der Waals surface area contributed by atoms with Crippen molar-refractivity contribution in [3.63, 3.8) is 0 Å². The zero-order valence-corrected chi connectivity index (χ0v) is 12.2. The number of ketones is 1. The van der Waals surface area contributed by atoms with Crippen LogP contribution in [0.15, 0.2) is 78.9 Å². The van der Waals surface area contributed by atoms with Crippen LogP contribution < -0.4 is 4.74 Å². The molecule has 0 unspecified atom stereocenters. The Hall–Kier alpha value is -2.94. The van der Waals surface area contributed by atoms with Crippen LogP contribution in [0.5, 0.6) is 5.75 Å². The van der Waals surface area contributed by atoms with Crippen molar-refractivity contribution in [2.45, 2.75) is 5.60 Å². The smallest absolute Gasteiger partial charge is 0.221 e. The summed E-state index contributed by atoms with van der Waals surface area (Å²) >= 11 is 0. The number of benzene rings is 3. The van der Waals surface area contributed by atoms with Gasteiger partial charge in [-0.1, -0.05) is 54.6 Å². The van der Waals surface area contributed by atoms with Crippen molar-refractivity contribution >= 4 is 5.78 Å². The van der Waals surface area contributed by atoms with Crippen LogP contribution in [0, 0.1) is 5.82 Å². The van der Waals surface area contributed by atoms with Gasteiger partial charge in [-0.15, -0.1) is 0 Å². The van der Waals surface area contributed by atoms with Gasteiger partial charge in [-0.2, -0.15) is 0 Å². The molecule has 3 aromatic rings. The second-order valence-corrected chi connectivity index (χ2v) is 5.48. The number of para-hydroxylation sites is 1. The van der Waals surface area contributed by atoms with E-state index < -0.39 is 5.60 Å². The van der Waals surface area contributed by atoms with Crippen LogP contribution in [-0.4, -0.2) is 5.78 Å². The highest BCUT2D eigenvalue weighted by Gasteiger charge is 2.50. The average Bonchev–Trinajstić information content (AvgIpc) is 2.91. The molecule has 0 spiro atoms. The lowest BCUT2D eigenvalue weighted by Gasteiger charge is -2.28. The van der Waals surface area contributed by atoms with Gasteiger partial charge in [0.2, 0.25) is 11.4 Å². The highest BCUT2D eigenvalue weighted by Crippen LogP contribution is 2.45. The first-order chi connectivity index (χ1) is 11.2. The molecular formula is C20H13FO2. The monoisotopic (exact) mass is 304 g/mol. The Morgan fingerprint density at radius 2 is 1.35 bits per heavy atom. The Morgan fingerprint density at radius 3 is 2.04 bits per heavy atom. The first-order valence-corrected chi connectivity index (χ1v) is 7.36. The molecule has 1 aliphatic rings. The van der Waals surface area contributed by atoms with Gasteiger partial charge in [0.25, 0.3) is 0 Å². The van der Waals surface area contributed by atoms with Gasteiger partial charge in [0, 0.05) is 11.1 Å². The Kier molecular flexibility index (Phi) is 3.01. The van der Waals surface area contributed by atoms with E-state index in [1.54, 1.807) is 24.3 Å². The van der Waals surface area contributed by atoms with E-state index in [2.05, 4.69) is 0 Å². The number of hydrogen-bond acceptors (Lipinski definition) is 2. The van der Waals surface area contributed by atoms with Crippen molar-refractivity contribution in [1.29, 1.82) is 0 Å². The first kappa shape index (κ1) is 13.7. The standard InChI is InChI=1S/C20H13FO2/c21-16-12-10-15(11-13-16)20(14-6-2-1-3-7-14)19(22)17-8-4-5-9-18(17)23-20/h1-13H/t20-/m0/s1. The largest absolute Gasteiger partial charge is 0.469 e. The first-order valence-electron chi connectivity index (χ1n) is 7.36. The molecule has 0 fully saturated rings. The summed E-state index contributed by atoms with van der Waals surface area (Å²) < 4.78 is 19.5. The Labute approximate surface area is 133 Å². The van der Waals surface area contributed by atoms with E-state index in [0.717, 1.165) is 5.56 Å². The summed E-state index contributed by atoms with van der Waals surface area (Å²) in [6, 6.07) is 22.4. The summed E-state index contributed by atoms with van der Waals surface area (Å²) in [6.45, 7) is 0. The Morgan fingerprint density at radius 1 is 0.739 bits per heavy atom. The van der Waals surface area contributed by atoms with Crippen molar-refractivity contribution in [3.8, 4) is 5.75 Å². The maximum absolute atomic E-state index is 13.3. The lowest BCUT2D eigenvalue weighted by molar-refractivity contribution is 0.0686. The van der Waals surface area contributed by atoms with Crippen molar-refractivity contribution in [2.75, 3.05) is 0 Å². The number of Topliss-reactive ketones (excluding diaryl/α,β-unsaturated/α-hetero) is 1. The van der Waals surface area contributed by atoms with Gasteiger partial charge in [-0.3, -0.25) is 4.79 Å². The molecule has 1 atom stereocenters. The zero-order valence-electron chi connectivity index (χ0n) is 12.2. The summed E-state index contributed by atoms with van der Waals surface area (Å²) in [4.78, 5) is 13.2. The van der Waals surface area contributed by atoms with Crippen LogP contribution in [0.25, 0.3) is 0 Å². The van der Waals surface area contributed by atoms with E-state index in [4.69, 9.17) is 4.74 Å². The van der Waals surface area contributed by atoms with E-state index in [9.17, 15) is 9.18 Å². The third kappa shape index (κ3) is 1.97. The highest BCUT2D eigenvalue weighted by molar-refractivity contribution is 6.10. The average molecular weight is 304 g/mol. The van der Waals surface area contributed by atoms with Gasteiger partial charge in [0.05, 0.1) is 5.56 Å². The zero-order chi connectivity index (χ0) is 15.9. The number of carbonyl (C=O) groups is 1. The van der Waals surface area contributed by atoms with Crippen molar-refractivity contribution in [3.05, 3.63) is 101 Å². The molecule has 23 heavy (non-hydrogen) atoms. The minimum Gasteiger partial charge on any atom is -0.469 e. The summed E-state index contributed by atoms with van der Waals surface area (Å²) in [5.41, 5.74) is 0.623. The Balaban J connectivity index is 1.97. The van der Waals surface area contributed by atoms with Gasteiger partial charge in [-0.25, -0.2) is 4.39 Å². The summed E-state index contributed by atoms with van der Waals surface area (Å²) in [5, 5.41) is 0. The predicted molar refractivity (Wildman–Crippen MR) is 85.0 cm³/mol. The number of halogens is 1. The molecule has 0 amide bonds. The SMILES string of the molecule is O=C1c2ccccc2O[C@@]1(c1ccccc1)c1ccc(F)cc1. The quantitative estimate of drug-likeness (QED) is 0.704. The molecule has 4 rings (SSSR count). The molecule has 0 N–H and O–H groups in total. The minimum atomic E-state index is -1.27. The topological polar surface area (TPSA) is 26.3 Å². The molecule has 112 valence electrons. The molecule has 3 heteroatoms. The molecule has 2 nitrogen and oxygen atoms in total. The minimum absolute atomic E-state index is 0.133. The summed E-state index contributed by atoms with van der Waals surface area (Å²) in [5.74, 6) is 0.0662. The molecule has 0 saturated heterocycles. The molecule has 0 radical (unpaired) electrons. The van der Waals surface area contributed by atoms with Crippen molar-refractivity contribution in [2.24, 2.45) is 0 Å². The molecule has 1 heterocycles. The lowest BCUT2D eigenvalue weighted by Crippen LogP contribution is -2.38. The number of ether oxygens (including phenoxy) is 1. The fourth-order valence-corrected chi connectivity index (χ4v) is 3.05. The number of fused-ring (bicyclic) bond motifs is 1. The van der Waals surface area contributed by atoms with E-state index in [-0.39, 0.29) is 11.6 Å². The molecule has 0 aliphatic carbocycles. The second-order valence-electron chi connectivity index (χ2n) is 5.48. The maximum Gasteiger partial charge on any atom is 0.221 e. The fourth-order valence-electron chi connectivity index (χ4n) is 3.05. The van der Waals surface area contributed by atoms with Crippen LogP contribution in [0.3, 0.4) is 0 Å². The van der Waals surface area contributed by atoms with Gasteiger partial charge in [0.15, 0.2) is 0 Å². The van der Waals surface area contributed by atoms with E-state index >= 15 is 0 Å². The molecule has 0 aromatic heterocycles. The van der Waals surface area contributed by atoms with Crippen LogP contribution in [0.4, 0.5) is 4.39 Å². The van der Waals surface area contributed by atoms with Crippen LogP contribution >= 0.6 is 0 Å². The number of carbonyl (C=O) groups excluding carboxylic acids is 1. The fraction of sp³-hybridized carbons (Fsp3) is 0.0500. The van der Waals surface area contributed by atoms with Crippen LogP contribution in [-0.2, 0) is 5.60 Å². The van der Waals surface area contributed by atoms with Crippen LogP contribution in [0.1, 0.15) is 21.5 Å². The van der Waals surface area contributed by atoms with Gasteiger partial charge >= 0.3 is 0 Å². The third-order valence-corrected chi connectivity index (χ3v) is 4.15. The van der Waals surface area contributed by atoms with E-state index in [1.165, 1.54) is 12.1 Å². The summed E-state index contributed by atoms with van der Waals surface area (Å²) in [6.07, 6.45) is 0. The Bertz CT molecular complexity index is 872. The van der Waals surface area contributed by atoms with E-state index in [0.29, 0.717) is 16.9 Å². The maximum atomic E-state index is 13.3. The second kappa shape index (κ2) is 5.06. The van der Waals surface area contributed by atoms with E-state index in [1.807, 2.05) is 42.5 Å². The van der Waals surface area contributed by atoms with Gasteiger partial charge in [-0.05, 0) is 24.3 Å². The number of rotatable bonds is 2. The van der Waals surface area contributed by atoms with Gasteiger partial charge < -0.3 is 4.74 Å². The molecule has 0 saturated carbocycles. The number of hydrogen-bond donors (Lipinski definition) is 0. The molecule has 0 bridgehead atoms. The van der Waals surface area contributed by atoms with Crippen LogP contribution in [0.2, 0.25) is 0 Å². The lowest BCUT2D eigenvalue weighted by atomic mass is 9.82. The normalized spacial score (nSPS) is 19.3. The van der Waals surface area contributed by atoms with Crippen molar-refractivity contribution < 1.29 is 13.9 Å². The molecule has 1 aliphatic heterocycles. The highest BCUT2D eigenvalue weighted by atomic mass is 19.1.